The lowest BCUT2D eigenvalue weighted by Gasteiger charge is -2.39. The molecule has 4 aromatic carbocycles. The number of ether oxygens (including phenoxy) is 4. The number of hydrogen-bond donors (Lipinski definition) is 1. The molecule has 7 rings (SSSR count). The van der Waals surface area contributed by atoms with Crippen molar-refractivity contribution in [1.82, 2.24) is 14.6 Å². The van der Waals surface area contributed by atoms with E-state index in [0.717, 1.165) is 51.8 Å². The van der Waals surface area contributed by atoms with Gasteiger partial charge < -0.3 is 37.9 Å². The van der Waals surface area contributed by atoms with E-state index in [1.165, 1.54) is 0 Å². The standard InChI is InChI=1S/C51H60N5O7P/c1-9-55(10-2)41-22-17-36-29-37-30-44(50(57)54-49(37)53-45(36)31-41)46-32-47(63-64(61-28-14-27-52)56(34(3)4)35(5)6)48(62-46)33-60-51(38-15-12-11-13-16-38,39-18-23-42(58-7)24-19-39)40-20-25-43(59-8)26-21-40/h11-13,15-26,29-31,34-35,46-48H,9-10,14,28,32-33H2,1-8H3,(H,53,54,57)/t46-,47-,48-,64?/m1/s1. The first-order valence-electron chi connectivity index (χ1n) is 22.1. The molecule has 0 radical (unpaired) electrons. The molecule has 1 unspecified atom stereocenters. The predicted octanol–water partition coefficient (Wildman–Crippen LogP) is 10.4. The lowest BCUT2D eigenvalue weighted by Crippen LogP contribution is -2.39. The number of H-pyrrole nitrogens is 1. The Morgan fingerprint density at radius 2 is 1.47 bits per heavy atom. The number of anilines is 1. The summed E-state index contributed by atoms with van der Waals surface area (Å²) < 4.78 is 41.2. The lowest BCUT2D eigenvalue weighted by atomic mass is 9.80. The van der Waals surface area contributed by atoms with Gasteiger partial charge in [-0.2, -0.15) is 5.26 Å². The van der Waals surface area contributed by atoms with Gasteiger partial charge in [-0.25, -0.2) is 9.65 Å². The quantitative estimate of drug-likeness (QED) is 0.0340. The fourth-order valence-electron chi connectivity index (χ4n) is 8.69. The summed E-state index contributed by atoms with van der Waals surface area (Å²) in [5, 5.41) is 11.2. The Labute approximate surface area is 378 Å². The molecule has 0 bridgehead atoms. The molecule has 3 heterocycles. The van der Waals surface area contributed by atoms with E-state index < -0.39 is 32.4 Å². The van der Waals surface area contributed by atoms with Gasteiger partial charge in [-0.05, 0) is 107 Å². The second kappa shape index (κ2) is 21.1. The van der Waals surface area contributed by atoms with Crippen LogP contribution in [0.2, 0.25) is 0 Å². The number of nitrogens with one attached hydrogen (secondary N) is 1. The van der Waals surface area contributed by atoms with Crippen LogP contribution in [-0.2, 0) is 24.1 Å². The Hall–Kier alpha value is -5.38. The molecule has 0 spiro atoms. The van der Waals surface area contributed by atoms with Gasteiger partial charge in [-0.1, -0.05) is 60.7 Å². The van der Waals surface area contributed by atoms with E-state index in [9.17, 15) is 10.1 Å². The number of benzene rings is 4. The third-order valence-corrected chi connectivity index (χ3v) is 14.0. The molecule has 0 saturated carbocycles. The zero-order valence-electron chi connectivity index (χ0n) is 38.1. The SMILES string of the molecule is CCN(CC)c1ccc2cc3cc([C@H]4C[C@@H](OP(OCCC#N)N(C(C)C)C(C)C)[C@@H](COC(c5ccccc5)(c5ccc(OC)cc5)c5ccc(OC)cc5)O4)c(=O)[nH]c3nc2c1. The Bertz CT molecular complexity index is 2510. The molecule has 2 aromatic heterocycles. The number of pyridine rings is 2. The monoisotopic (exact) mass is 885 g/mol. The van der Waals surface area contributed by atoms with Crippen LogP contribution in [0.3, 0.4) is 0 Å². The summed E-state index contributed by atoms with van der Waals surface area (Å²) in [4.78, 5) is 24.4. The minimum Gasteiger partial charge on any atom is -0.497 e. The zero-order valence-corrected chi connectivity index (χ0v) is 39.0. The normalized spacial score (nSPS) is 17.1. The first-order valence-corrected chi connectivity index (χ1v) is 23.3. The van der Waals surface area contributed by atoms with Gasteiger partial charge in [-0.3, -0.25) is 4.79 Å². The second-order valence-electron chi connectivity index (χ2n) is 16.4. The van der Waals surface area contributed by atoms with E-state index in [4.69, 9.17) is 33.0 Å². The van der Waals surface area contributed by atoms with Gasteiger partial charge in [-0.15, -0.1) is 0 Å². The van der Waals surface area contributed by atoms with Crippen LogP contribution in [0.15, 0.2) is 114 Å². The summed E-state index contributed by atoms with van der Waals surface area (Å²) in [5.41, 5.74) is 4.13. The number of hydrogen-bond acceptors (Lipinski definition) is 11. The van der Waals surface area contributed by atoms with Crippen LogP contribution >= 0.6 is 8.53 Å². The lowest BCUT2D eigenvalue weighted by molar-refractivity contribution is -0.0808. The van der Waals surface area contributed by atoms with Crippen molar-refractivity contribution in [1.29, 1.82) is 5.26 Å². The van der Waals surface area contributed by atoms with Crippen LogP contribution < -0.4 is 19.9 Å². The first-order chi connectivity index (χ1) is 31.0. The maximum absolute atomic E-state index is 14.2. The average Bonchev–Trinajstić information content (AvgIpc) is 3.71. The molecule has 4 atom stereocenters. The molecule has 1 saturated heterocycles. The van der Waals surface area contributed by atoms with Crippen molar-refractivity contribution in [2.24, 2.45) is 0 Å². The highest BCUT2D eigenvalue weighted by atomic mass is 31.2. The Morgan fingerprint density at radius 3 is 2.05 bits per heavy atom. The number of aromatic amines is 1. The van der Waals surface area contributed by atoms with Crippen LogP contribution in [0.4, 0.5) is 5.69 Å². The molecule has 12 nitrogen and oxygen atoms in total. The topological polar surface area (TPSA) is 131 Å². The predicted molar refractivity (Wildman–Crippen MR) is 254 cm³/mol. The van der Waals surface area contributed by atoms with E-state index >= 15 is 0 Å². The van der Waals surface area contributed by atoms with Gasteiger partial charge in [0.1, 0.15) is 28.9 Å². The molecular formula is C51H60N5O7P. The van der Waals surface area contributed by atoms with Crippen molar-refractivity contribution in [3.05, 3.63) is 142 Å². The van der Waals surface area contributed by atoms with Crippen LogP contribution in [-0.4, -0.2) is 79.5 Å². The number of nitriles is 1. The number of nitrogens with zero attached hydrogens (tertiary/aromatic N) is 4. The van der Waals surface area contributed by atoms with Gasteiger partial charge in [0.2, 0.25) is 0 Å². The summed E-state index contributed by atoms with van der Waals surface area (Å²) in [6.07, 6.45) is -1.30. The Kier molecular flexibility index (Phi) is 15.3. The molecule has 13 heteroatoms. The second-order valence-corrected chi connectivity index (χ2v) is 17.8. The highest BCUT2D eigenvalue weighted by molar-refractivity contribution is 7.44. The van der Waals surface area contributed by atoms with E-state index in [-0.39, 0.29) is 37.3 Å². The highest BCUT2D eigenvalue weighted by Crippen LogP contribution is 2.51. The Balaban J connectivity index is 1.31. The molecule has 1 aliphatic heterocycles. The summed E-state index contributed by atoms with van der Waals surface area (Å²) in [6, 6.07) is 38.5. The fourth-order valence-corrected chi connectivity index (χ4v) is 10.4. The maximum atomic E-state index is 14.2. The van der Waals surface area contributed by atoms with Gasteiger partial charge in [0.05, 0.1) is 57.6 Å². The van der Waals surface area contributed by atoms with Crippen molar-refractivity contribution in [3.63, 3.8) is 0 Å². The Morgan fingerprint density at radius 1 is 0.844 bits per heavy atom. The molecule has 64 heavy (non-hydrogen) atoms. The van der Waals surface area contributed by atoms with Crippen molar-refractivity contribution in [2.45, 2.75) is 90.4 Å². The molecule has 1 fully saturated rings. The average molecular weight is 886 g/mol. The van der Waals surface area contributed by atoms with Gasteiger partial charge >= 0.3 is 0 Å². The molecule has 1 N–H and O–H groups in total. The number of aromatic nitrogens is 2. The maximum Gasteiger partial charge on any atom is 0.259 e. The number of methoxy groups -OCH3 is 2. The number of fused-ring (bicyclic) bond motifs is 2. The third kappa shape index (κ3) is 9.96. The van der Waals surface area contributed by atoms with Crippen molar-refractivity contribution in [3.8, 4) is 17.6 Å². The van der Waals surface area contributed by atoms with Crippen molar-refractivity contribution >= 4 is 36.1 Å². The first kappa shape index (κ1) is 46.6. The molecule has 6 aromatic rings. The van der Waals surface area contributed by atoms with Gasteiger partial charge in [0, 0.05) is 53.6 Å². The van der Waals surface area contributed by atoms with Gasteiger partial charge in [0.25, 0.3) is 14.1 Å². The van der Waals surface area contributed by atoms with Crippen LogP contribution in [0, 0.1) is 11.3 Å². The molecule has 336 valence electrons. The van der Waals surface area contributed by atoms with Crippen LogP contribution in [0.5, 0.6) is 11.5 Å². The van der Waals surface area contributed by atoms with E-state index in [1.807, 2.05) is 72.8 Å². The fraction of sp³-hybridized carbons (Fsp3) is 0.392. The summed E-state index contributed by atoms with van der Waals surface area (Å²) in [5.74, 6) is 1.43. The smallest absolute Gasteiger partial charge is 0.259 e. The minimum atomic E-state index is -1.67. The molecule has 0 amide bonds. The van der Waals surface area contributed by atoms with Gasteiger partial charge in [0.15, 0.2) is 0 Å². The summed E-state index contributed by atoms with van der Waals surface area (Å²) in [6.45, 7) is 14.7. The molecular weight excluding hydrogens is 826 g/mol. The minimum absolute atomic E-state index is 0.0747. The largest absolute Gasteiger partial charge is 0.497 e. The summed E-state index contributed by atoms with van der Waals surface area (Å²) in [7, 11) is 1.63. The molecule has 1 aliphatic rings. The van der Waals surface area contributed by atoms with Crippen molar-refractivity contribution in [2.75, 3.05) is 45.4 Å². The summed E-state index contributed by atoms with van der Waals surface area (Å²) >= 11 is 0. The zero-order chi connectivity index (χ0) is 45.4. The van der Waals surface area contributed by atoms with E-state index in [2.05, 4.69) is 98.6 Å². The number of rotatable bonds is 20. The molecule has 0 aliphatic carbocycles. The van der Waals surface area contributed by atoms with E-state index in [0.29, 0.717) is 29.1 Å². The highest BCUT2D eigenvalue weighted by Gasteiger charge is 2.45. The van der Waals surface area contributed by atoms with E-state index in [1.54, 1.807) is 14.2 Å². The third-order valence-electron chi connectivity index (χ3n) is 11.8. The van der Waals surface area contributed by atoms with Crippen LogP contribution in [0.25, 0.3) is 21.9 Å². The van der Waals surface area contributed by atoms with Crippen LogP contribution in [0.1, 0.15) is 82.7 Å². The van der Waals surface area contributed by atoms with Crippen molar-refractivity contribution < 1.29 is 28.0 Å².